The molecule has 1 saturated heterocycles. The molecule has 0 saturated carbocycles. The van der Waals surface area contributed by atoms with Crippen molar-refractivity contribution in [1.29, 1.82) is 0 Å². The van der Waals surface area contributed by atoms with Crippen molar-refractivity contribution in [1.82, 2.24) is 9.80 Å². The van der Waals surface area contributed by atoms with E-state index in [0.717, 1.165) is 6.54 Å². The number of fused-ring (bicyclic) bond motifs is 2. The number of hydrogen-bond acceptors (Lipinski definition) is 5. The molecule has 3 rings (SSSR count). The smallest absolute Gasteiger partial charge is 0.256 e. The molecule has 0 aromatic heterocycles. The Hall–Kier alpha value is -1.18. The molecule has 7 nitrogen and oxygen atoms in total. The molecule has 1 aromatic carbocycles. The Morgan fingerprint density at radius 3 is 2.43 bits per heavy atom. The van der Waals surface area contributed by atoms with Gasteiger partial charge in [0.15, 0.2) is 11.5 Å². The number of amides is 2. The van der Waals surface area contributed by atoms with E-state index in [9.17, 15) is 9.59 Å². The van der Waals surface area contributed by atoms with Crippen molar-refractivity contribution < 1.29 is 51.8 Å². The maximum absolute atomic E-state index is 12.8. The summed E-state index contributed by atoms with van der Waals surface area (Å²) in [4.78, 5) is 28.9. The number of nitrogens with one attached hydrogen (secondary N) is 1. The van der Waals surface area contributed by atoms with Gasteiger partial charge in [0.25, 0.3) is 5.91 Å². The Morgan fingerprint density at radius 2 is 1.78 bits per heavy atom. The zero-order valence-corrected chi connectivity index (χ0v) is 16.3. The quantitative estimate of drug-likeness (QED) is 0.787. The van der Waals surface area contributed by atoms with Crippen molar-refractivity contribution in [2.45, 2.75) is 6.04 Å². The fourth-order valence-electron chi connectivity index (χ4n) is 2.92. The minimum atomic E-state index is -0.476. The fourth-order valence-corrected chi connectivity index (χ4v) is 2.92. The van der Waals surface area contributed by atoms with Crippen LogP contribution in [0.5, 0.6) is 11.5 Å². The second-order valence-electron chi connectivity index (χ2n) is 5.52. The Kier molecular flexibility index (Phi) is 5.65. The maximum Gasteiger partial charge on any atom is 0.256 e. The molecule has 1 unspecified atom stereocenters. The zero-order valence-electron chi connectivity index (χ0n) is 13.5. The SMILES string of the molecule is COc1cc2c(cc1OC)C(=O)N1CCN(C)CC1C(=O)N2.[Y]. The number of carbonyl (C=O) groups excluding carboxylic acids is 2. The summed E-state index contributed by atoms with van der Waals surface area (Å²) in [6.07, 6.45) is 0. The first-order chi connectivity index (χ1) is 10.5. The first-order valence-electron chi connectivity index (χ1n) is 7.11. The third kappa shape index (κ3) is 3.23. The molecule has 1 atom stereocenters. The van der Waals surface area contributed by atoms with Gasteiger partial charge >= 0.3 is 0 Å². The molecular formula is C15H19N3O4Y. The average molecular weight is 394 g/mol. The Labute approximate surface area is 160 Å². The predicted octanol–water partition coefficient (Wildman–Crippen LogP) is 0.410. The number of hydrogen-bond donors (Lipinski definition) is 1. The molecule has 0 spiro atoms. The molecule has 121 valence electrons. The van der Waals surface area contributed by atoms with Crippen LogP contribution < -0.4 is 14.8 Å². The summed E-state index contributed by atoms with van der Waals surface area (Å²) in [5.41, 5.74) is 0.891. The summed E-state index contributed by atoms with van der Waals surface area (Å²) < 4.78 is 10.5. The number of nitrogens with zero attached hydrogens (tertiary/aromatic N) is 2. The molecule has 1 fully saturated rings. The number of likely N-dealkylation sites (N-methyl/N-ethyl adjacent to an activating group) is 1. The Bertz CT molecular complexity index is 637. The number of anilines is 1. The van der Waals surface area contributed by atoms with Gasteiger partial charge in [-0.05, 0) is 13.1 Å². The van der Waals surface area contributed by atoms with Crippen molar-refractivity contribution in [2.75, 3.05) is 46.2 Å². The molecule has 0 aliphatic carbocycles. The summed E-state index contributed by atoms with van der Waals surface area (Å²) in [5, 5.41) is 2.83. The minimum absolute atomic E-state index is 0. The van der Waals surface area contributed by atoms with Gasteiger partial charge in [-0.1, -0.05) is 0 Å². The number of carbonyl (C=O) groups is 2. The Balaban J connectivity index is 0.00000192. The van der Waals surface area contributed by atoms with E-state index in [1.807, 2.05) is 11.9 Å². The van der Waals surface area contributed by atoms with Gasteiger partial charge in [0.1, 0.15) is 6.04 Å². The van der Waals surface area contributed by atoms with E-state index in [4.69, 9.17) is 9.47 Å². The van der Waals surface area contributed by atoms with Gasteiger partial charge in [-0.2, -0.15) is 0 Å². The van der Waals surface area contributed by atoms with Crippen LogP contribution in [0.4, 0.5) is 5.69 Å². The van der Waals surface area contributed by atoms with Crippen LogP contribution in [0.1, 0.15) is 10.4 Å². The van der Waals surface area contributed by atoms with Crippen molar-refractivity contribution in [3.8, 4) is 11.5 Å². The van der Waals surface area contributed by atoms with Crippen LogP contribution in [0, 0.1) is 0 Å². The molecule has 23 heavy (non-hydrogen) atoms. The van der Waals surface area contributed by atoms with Gasteiger partial charge in [0.2, 0.25) is 5.91 Å². The molecule has 1 radical (unpaired) electrons. The molecule has 8 heteroatoms. The molecule has 1 aromatic rings. The van der Waals surface area contributed by atoms with Crippen LogP contribution in [0.2, 0.25) is 0 Å². The number of benzene rings is 1. The molecule has 2 aliphatic heterocycles. The standard InChI is InChI=1S/C15H19N3O4.Y/c1-17-4-5-18-11(8-17)14(19)16-10-7-13(22-3)12(21-2)6-9(10)15(18)20;/h6-7,11H,4-5,8H2,1-3H3,(H,16,19);. The van der Waals surface area contributed by atoms with E-state index in [1.165, 1.54) is 14.2 Å². The summed E-state index contributed by atoms with van der Waals surface area (Å²) in [6, 6.07) is 2.78. The molecule has 1 N–H and O–H groups in total. The van der Waals surface area contributed by atoms with Gasteiger partial charge in [-0.15, -0.1) is 0 Å². The molecule has 2 heterocycles. The summed E-state index contributed by atoms with van der Waals surface area (Å²) in [6.45, 7) is 1.80. The first-order valence-corrected chi connectivity index (χ1v) is 7.11. The van der Waals surface area contributed by atoms with Crippen molar-refractivity contribution in [3.63, 3.8) is 0 Å². The summed E-state index contributed by atoms with van der Waals surface area (Å²) >= 11 is 0. The van der Waals surface area contributed by atoms with E-state index < -0.39 is 6.04 Å². The second-order valence-corrected chi connectivity index (χ2v) is 5.52. The number of ether oxygens (including phenoxy) is 2. The number of methoxy groups -OCH3 is 2. The molecule has 2 amide bonds. The average Bonchev–Trinajstić information content (AvgIpc) is 2.62. The second kappa shape index (κ2) is 7.15. The van der Waals surface area contributed by atoms with E-state index in [2.05, 4.69) is 5.32 Å². The summed E-state index contributed by atoms with van der Waals surface area (Å²) in [7, 11) is 4.98. The first kappa shape index (κ1) is 18.2. The van der Waals surface area contributed by atoms with E-state index in [-0.39, 0.29) is 44.5 Å². The van der Waals surface area contributed by atoms with Crippen molar-refractivity contribution in [3.05, 3.63) is 17.7 Å². The normalized spacial score (nSPS) is 20.7. The molecular weight excluding hydrogens is 375 g/mol. The minimum Gasteiger partial charge on any atom is -0.493 e. The largest absolute Gasteiger partial charge is 0.493 e. The molecule has 2 aliphatic rings. The fraction of sp³-hybridized carbons (Fsp3) is 0.467. The monoisotopic (exact) mass is 394 g/mol. The number of rotatable bonds is 2. The van der Waals surface area contributed by atoms with Crippen molar-refractivity contribution in [2.24, 2.45) is 0 Å². The van der Waals surface area contributed by atoms with Crippen LogP contribution in [-0.2, 0) is 37.5 Å². The van der Waals surface area contributed by atoms with Crippen LogP contribution >= 0.6 is 0 Å². The topological polar surface area (TPSA) is 71.1 Å². The van der Waals surface area contributed by atoms with Crippen LogP contribution in [0.25, 0.3) is 0 Å². The van der Waals surface area contributed by atoms with Crippen LogP contribution in [-0.4, -0.2) is 68.6 Å². The summed E-state index contributed by atoms with van der Waals surface area (Å²) in [5.74, 6) is 0.612. The maximum atomic E-state index is 12.8. The number of piperazine rings is 1. The van der Waals surface area contributed by atoms with Gasteiger partial charge in [0.05, 0.1) is 25.5 Å². The van der Waals surface area contributed by atoms with E-state index >= 15 is 0 Å². The van der Waals surface area contributed by atoms with Gasteiger partial charge < -0.3 is 24.6 Å². The van der Waals surface area contributed by atoms with Crippen LogP contribution in [0.15, 0.2) is 12.1 Å². The zero-order chi connectivity index (χ0) is 15.9. The Morgan fingerprint density at radius 1 is 1.13 bits per heavy atom. The third-order valence-electron chi connectivity index (χ3n) is 4.16. The van der Waals surface area contributed by atoms with Crippen molar-refractivity contribution >= 4 is 17.5 Å². The van der Waals surface area contributed by atoms with E-state index in [0.29, 0.717) is 35.8 Å². The molecule has 0 bridgehead atoms. The van der Waals surface area contributed by atoms with Gasteiger partial charge in [-0.3, -0.25) is 9.59 Å². The van der Waals surface area contributed by atoms with Crippen LogP contribution in [0.3, 0.4) is 0 Å². The predicted molar refractivity (Wildman–Crippen MR) is 80.5 cm³/mol. The van der Waals surface area contributed by atoms with E-state index in [1.54, 1.807) is 17.0 Å². The van der Waals surface area contributed by atoms with Gasteiger partial charge in [-0.25, -0.2) is 0 Å². The van der Waals surface area contributed by atoms with Gasteiger partial charge in [0, 0.05) is 58.4 Å². The third-order valence-corrected chi connectivity index (χ3v) is 4.16.